The summed E-state index contributed by atoms with van der Waals surface area (Å²) in [6.07, 6.45) is 3.14. The Morgan fingerprint density at radius 2 is 1.81 bits per heavy atom. The topological polar surface area (TPSA) is 108 Å². The number of anilines is 2. The van der Waals surface area contributed by atoms with Gasteiger partial charge in [0.2, 0.25) is 0 Å². The fourth-order valence-electron chi connectivity index (χ4n) is 3.88. The summed E-state index contributed by atoms with van der Waals surface area (Å²) in [6.45, 7) is 1.36. The first-order chi connectivity index (χ1) is 14.5. The lowest BCUT2D eigenvalue weighted by atomic mass is 10.1. The van der Waals surface area contributed by atoms with Gasteiger partial charge in [0.05, 0.1) is 22.9 Å². The first-order valence-corrected chi connectivity index (χ1v) is 10.6. The molecule has 4 rings (SSSR count). The molecule has 0 radical (unpaired) electrons. The van der Waals surface area contributed by atoms with Crippen molar-refractivity contribution >= 4 is 33.2 Å². The Morgan fingerprint density at radius 1 is 1.19 bits per heavy atom. The molecule has 2 aromatic rings. The van der Waals surface area contributed by atoms with E-state index < -0.39 is 44.3 Å². The van der Waals surface area contributed by atoms with Gasteiger partial charge in [-0.2, -0.15) is 13.2 Å². The van der Waals surface area contributed by atoms with Crippen molar-refractivity contribution < 1.29 is 36.3 Å². The van der Waals surface area contributed by atoms with Gasteiger partial charge in [-0.15, -0.1) is 0 Å². The van der Waals surface area contributed by atoms with Gasteiger partial charge in [-0.3, -0.25) is 14.7 Å². The van der Waals surface area contributed by atoms with Crippen LogP contribution in [0.1, 0.15) is 18.9 Å². The van der Waals surface area contributed by atoms with Crippen LogP contribution in [0.25, 0.3) is 0 Å². The Kier molecular flexibility index (Phi) is 4.63. The molecule has 2 heterocycles. The first-order valence-electron chi connectivity index (χ1n) is 9.10. The van der Waals surface area contributed by atoms with Crippen molar-refractivity contribution in [3.8, 4) is 0 Å². The number of hydrogen-bond donors (Lipinski definition) is 1. The highest BCUT2D eigenvalue weighted by Gasteiger charge is 2.70. The number of carbonyl (C=O) groups is 2. The second-order valence-corrected chi connectivity index (χ2v) is 9.33. The number of halogens is 3. The van der Waals surface area contributed by atoms with E-state index in [1.807, 2.05) is 0 Å². The van der Waals surface area contributed by atoms with Crippen molar-refractivity contribution in [3.63, 3.8) is 0 Å². The molecule has 0 bridgehead atoms. The molecular weight excluding hydrogens is 439 g/mol. The highest BCUT2D eigenvalue weighted by Crippen LogP contribution is 2.55. The third-order valence-corrected chi connectivity index (χ3v) is 7.13. The van der Waals surface area contributed by atoms with Gasteiger partial charge in [0.1, 0.15) is 5.54 Å². The van der Waals surface area contributed by atoms with E-state index in [4.69, 9.17) is 0 Å². The molecule has 1 aromatic heterocycles. The molecule has 2 unspecified atom stereocenters. The summed E-state index contributed by atoms with van der Waals surface area (Å²) in [7, 11) is -5.56. The molecular formula is C19H16F3N3O5S. The standard InChI is InChI=1S/C19H16F3N3O5S/c1-11-8-18(11)16(27)24(17(28)25(18)15-6-7-23-9-12(15)10-26)13-2-4-14(5-3-13)31(29,30)19(20,21)22/h2-7,9,11,26H,8,10H2,1H3. The number of carbonyl (C=O) groups excluding carboxylic acids is 2. The minimum absolute atomic E-state index is 0.0586. The number of benzene rings is 1. The van der Waals surface area contributed by atoms with Crippen LogP contribution in [0, 0.1) is 5.92 Å². The second kappa shape index (κ2) is 6.76. The van der Waals surface area contributed by atoms with Crippen LogP contribution in [0.15, 0.2) is 47.6 Å². The van der Waals surface area contributed by atoms with E-state index in [0.717, 1.165) is 17.0 Å². The van der Waals surface area contributed by atoms with Crippen molar-refractivity contribution in [1.29, 1.82) is 0 Å². The summed E-state index contributed by atoms with van der Waals surface area (Å²) in [6, 6.07) is 4.12. The quantitative estimate of drug-likeness (QED) is 0.711. The van der Waals surface area contributed by atoms with Gasteiger partial charge in [-0.05, 0) is 42.7 Å². The molecule has 2 fully saturated rings. The van der Waals surface area contributed by atoms with Crippen molar-refractivity contribution in [1.82, 2.24) is 4.98 Å². The van der Waals surface area contributed by atoms with E-state index >= 15 is 0 Å². The maximum absolute atomic E-state index is 13.3. The molecule has 1 spiro atoms. The lowest BCUT2D eigenvalue weighted by molar-refractivity contribution is -0.119. The lowest BCUT2D eigenvalue weighted by Gasteiger charge is -2.24. The van der Waals surface area contributed by atoms with Crippen LogP contribution >= 0.6 is 0 Å². The summed E-state index contributed by atoms with van der Waals surface area (Å²) < 4.78 is 61.4. The molecule has 31 heavy (non-hydrogen) atoms. The Hall–Kier alpha value is -2.99. The number of aliphatic hydroxyl groups is 1. The number of imide groups is 1. The highest BCUT2D eigenvalue weighted by atomic mass is 32.2. The number of amides is 3. The van der Waals surface area contributed by atoms with Gasteiger partial charge in [-0.25, -0.2) is 18.1 Å². The van der Waals surface area contributed by atoms with Crippen LogP contribution in [0.3, 0.4) is 0 Å². The number of sulfone groups is 1. The van der Waals surface area contributed by atoms with Crippen LogP contribution in [-0.4, -0.2) is 41.5 Å². The Bertz CT molecular complexity index is 1180. The third kappa shape index (κ3) is 2.92. The summed E-state index contributed by atoms with van der Waals surface area (Å²) >= 11 is 0. The van der Waals surface area contributed by atoms with Crippen molar-refractivity contribution in [2.45, 2.75) is 35.9 Å². The summed E-state index contributed by atoms with van der Waals surface area (Å²) in [5.74, 6) is -0.768. The third-order valence-electron chi connectivity index (χ3n) is 5.63. The molecule has 1 saturated carbocycles. The maximum Gasteiger partial charge on any atom is 0.501 e. The van der Waals surface area contributed by atoms with Crippen molar-refractivity contribution in [2.24, 2.45) is 5.92 Å². The average molecular weight is 455 g/mol. The van der Waals surface area contributed by atoms with Crippen LogP contribution in [0.5, 0.6) is 0 Å². The minimum atomic E-state index is -5.56. The predicted octanol–water partition coefficient (Wildman–Crippen LogP) is 2.62. The maximum atomic E-state index is 13.3. The van der Waals surface area contributed by atoms with Crippen LogP contribution in [0.2, 0.25) is 0 Å². The van der Waals surface area contributed by atoms with E-state index in [-0.39, 0.29) is 11.6 Å². The SMILES string of the molecule is CC1CC12C(=O)N(c1ccc(S(=O)(=O)C(F)(F)F)cc1)C(=O)N2c1ccncc1CO. The number of pyridine rings is 1. The number of urea groups is 1. The number of nitrogens with zero attached hydrogens (tertiary/aromatic N) is 3. The number of alkyl halides is 3. The molecule has 1 N–H and O–H groups in total. The molecule has 3 amide bonds. The van der Waals surface area contributed by atoms with Gasteiger partial charge in [-0.1, -0.05) is 6.92 Å². The Balaban J connectivity index is 1.76. The summed E-state index contributed by atoms with van der Waals surface area (Å²) in [5.41, 5.74) is -6.08. The van der Waals surface area contributed by atoms with E-state index in [9.17, 15) is 36.3 Å². The minimum Gasteiger partial charge on any atom is -0.392 e. The van der Waals surface area contributed by atoms with Crippen LogP contribution < -0.4 is 9.80 Å². The van der Waals surface area contributed by atoms with Crippen LogP contribution in [0.4, 0.5) is 29.3 Å². The van der Waals surface area contributed by atoms with Gasteiger partial charge in [0, 0.05) is 18.0 Å². The smallest absolute Gasteiger partial charge is 0.392 e. The molecule has 8 nitrogen and oxygen atoms in total. The predicted molar refractivity (Wildman–Crippen MR) is 102 cm³/mol. The first kappa shape index (κ1) is 21.2. The second-order valence-electron chi connectivity index (χ2n) is 7.39. The molecule has 1 aliphatic carbocycles. The monoisotopic (exact) mass is 455 g/mol. The van der Waals surface area contributed by atoms with E-state index in [0.29, 0.717) is 29.8 Å². The van der Waals surface area contributed by atoms with Crippen LogP contribution in [-0.2, 0) is 21.2 Å². The fourth-order valence-corrected chi connectivity index (χ4v) is 4.64. The molecule has 1 saturated heterocycles. The van der Waals surface area contributed by atoms with E-state index in [1.165, 1.54) is 23.4 Å². The molecule has 1 aromatic carbocycles. The molecule has 2 aliphatic rings. The number of aliphatic hydroxyl groups excluding tert-OH is 1. The van der Waals surface area contributed by atoms with Gasteiger partial charge >= 0.3 is 11.5 Å². The molecule has 12 heteroatoms. The van der Waals surface area contributed by atoms with Crippen molar-refractivity contribution in [3.05, 3.63) is 48.3 Å². The Morgan fingerprint density at radius 3 is 2.32 bits per heavy atom. The average Bonchev–Trinajstić information content (AvgIpc) is 3.33. The van der Waals surface area contributed by atoms with Gasteiger partial charge in [0.25, 0.3) is 15.7 Å². The highest BCUT2D eigenvalue weighted by molar-refractivity contribution is 7.92. The van der Waals surface area contributed by atoms with Gasteiger partial charge in [0.15, 0.2) is 0 Å². The van der Waals surface area contributed by atoms with Crippen molar-refractivity contribution in [2.75, 3.05) is 9.80 Å². The molecule has 2 atom stereocenters. The largest absolute Gasteiger partial charge is 0.501 e. The zero-order valence-electron chi connectivity index (χ0n) is 16.0. The zero-order chi connectivity index (χ0) is 22.8. The normalized spacial score (nSPS) is 23.7. The number of hydrogen-bond acceptors (Lipinski definition) is 6. The Labute approximate surface area is 174 Å². The fraction of sp³-hybridized carbons (Fsp3) is 0.316. The van der Waals surface area contributed by atoms with Gasteiger partial charge < -0.3 is 5.11 Å². The zero-order valence-corrected chi connectivity index (χ0v) is 16.8. The van der Waals surface area contributed by atoms with E-state index in [1.54, 1.807) is 6.92 Å². The number of rotatable bonds is 4. The number of aromatic nitrogens is 1. The molecule has 164 valence electrons. The van der Waals surface area contributed by atoms with E-state index in [2.05, 4.69) is 4.98 Å². The summed E-state index contributed by atoms with van der Waals surface area (Å²) in [5, 5.41) is 9.62. The summed E-state index contributed by atoms with van der Waals surface area (Å²) in [4.78, 5) is 31.5. The molecule has 1 aliphatic heterocycles. The lowest BCUT2D eigenvalue weighted by Crippen LogP contribution is -2.39.